The Labute approximate surface area is 292 Å². The van der Waals surface area contributed by atoms with Crippen LogP contribution in [0, 0.1) is 0 Å². The van der Waals surface area contributed by atoms with Crippen molar-refractivity contribution in [3.05, 3.63) is 96.2 Å². The molecule has 0 radical (unpaired) electrons. The van der Waals surface area contributed by atoms with Gasteiger partial charge in [0.1, 0.15) is 22.3 Å². The lowest BCUT2D eigenvalue weighted by Crippen LogP contribution is -2.36. The van der Waals surface area contributed by atoms with Gasteiger partial charge in [0, 0.05) is 70.3 Å². The maximum atomic E-state index is 11.5. The molecular formula is C37H31N2O10S2-. The number of rotatable bonds is 11. The van der Waals surface area contributed by atoms with Gasteiger partial charge in [-0.3, -0.25) is 0 Å². The number of anilines is 1. The predicted octanol–water partition coefficient (Wildman–Crippen LogP) is 6.92. The van der Waals surface area contributed by atoms with Crippen LogP contribution in [-0.4, -0.2) is 44.0 Å². The van der Waals surface area contributed by atoms with E-state index in [0.717, 1.165) is 38.3 Å². The molecular weight excluding hydrogens is 697 g/mol. The second kappa shape index (κ2) is 12.6. The van der Waals surface area contributed by atoms with Crippen LogP contribution < -0.4 is 14.2 Å². The van der Waals surface area contributed by atoms with Gasteiger partial charge in [0.25, 0.3) is 5.52 Å². The Balaban J connectivity index is 1.22. The zero-order chi connectivity index (χ0) is 35.5. The molecule has 262 valence electrons. The van der Waals surface area contributed by atoms with Crippen molar-refractivity contribution in [2.24, 2.45) is 0 Å². The Morgan fingerprint density at radius 2 is 1.37 bits per heavy atom. The highest BCUT2D eigenvalue weighted by molar-refractivity contribution is 7.85. The largest absolute Gasteiger partial charge is 0.748 e. The molecule has 0 amide bonds. The van der Waals surface area contributed by atoms with E-state index >= 15 is 0 Å². The van der Waals surface area contributed by atoms with Crippen LogP contribution in [0.5, 0.6) is 5.75 Å². The molecule has 0 saturated carbocycles. The highest BCUT2D eigenvalue weighted by Crippen LogP contribution is 2.44. The van der Waals surface area contributed by atoms with Crippen LogP contribution in [0.15, 0.2) is 104 Å². The van der Waals surface area contributed by atoms with Crippen molar-refractivity contribution in [2.45, 2.75) is 32.7 Å². The number of oxazole rings is 1. The Kier molecular flexibility index (Phi) is 8.13. The number of furan rings is 2. The number of aromatic nitrogens is 1. The summed E-state index contributed by atoms with van der Waals surface area (Å²) in [4.78, 5) is 1.84. The third-order valence-electron chi connectivity index (χ3n) is 9.04. The van der Waals surface area contributed by atoms with Crippen molar-refractivity contribution in [1.29, 1.82) is 0 Å². The molecule has 8 rings (SSSR count). The number of fused-ring (bicyclic) bond motifs is 8. The van der Waals surface area contributed by atoms with Crippen LogP contribution in [0.2, 0.25) is 0 Å². The lowest BCUT2D eigenvalue weighted by atomic mass is 10.1. The summed E-state index contributed by atoms with van der Waals surface area (Å²) in [7, 11) is -8.87. The molecule has 0 saturated heterocycles. The van der Waals surface area contributed by atoms with Gasteiger partial charge in [-0.15, -0.1) is 0 Å². The first-order valence-electron chi connectivity index (χ1n) is 16.4. The fraction of sp³-hybridized carbons (Fsp3) is 0.216. The Morgan fingerprint density at radius 3 is 2.04 bits per heavy atom. The summed E-state index contributed by atoms with van der Waals surface area (Å²) in [6.45, 7) is 2.34. The summed E-state index contributed by atoms with van der Waals surface area (Å²) < 4.78 is 95.7. The van der Waals surface area contributed by atoms with E-state index < -0.39 is 31.7 Å². The second-order valence-electron chi connectivity index (χ2n) is 12.5. The quantitative estimate of drug-likeness (QED) is 0.100. The number of hydrogen-bond donors (Lipinski definition) is 0. The highest BCUT2D eigenvalue weighted by Gasteiger charge is 2.29. The molecule has 0 spiro atoms. The number of allylic oxidation sites excluding steroid dienone is 2. The minimum atomic E-state index is -4.43. The standard InChI is InChI=1S/C37H32N2O10S2/c1-2-23(17-36-38(13-7-15-50(40,41)42)28-19-26-24-9-3-5-11-30(24)46-32(26)21-34(28)48-36)18-37-39(14-8-16-51(43,44)45)29-20-27-25-10-4-6-12-31(25)47-33(27)22-35(29)49-37/h3-6,9-12,17-22H,2,7-8,13-16H2,1H3,(H-,40,41,42,43,44,45)/p-1. The summed E-state index contributed by atoms with van der Waals surface area (Å²) in [5, 5.41) is 3.57. The number of benzene rings is 4. The van der Waals surface area contributed by atoms with Crippen LogP contribution >= 0.6 is 0 Å². The molecule has 0 fully saturated rings. The van der Waals surface area contributed by atoms with Gasteiger partial charge in [-0.25, -0.2) is 16.8 Å². The molecule has 0 N–H and O–H groups in total. The molecule has 4 heterocycles. The van der Waals surface area contributed by atoms with Gasteiger partial charge >= 0.3 is 5.89 Å². The van der Waals surface area contributed by atoms with E-state index in [2.05, 4.69) is 0 Å². The minimum Gasteiger partial charge on any atom is -0.748 e. The van der Waals surface area contributed by atoms with Crippen LogP contribution in [0.1, 0.15) is 32.1 Å². The Bertz CT molecular complexity index is 2790. The van der Waals surface area contributed by atoms with Crippen molar-refractivity contribution < 1.29 is 48.5 Å². The maximum Gasteiger partial charge on any atom is 0.374 e. The zero-order valence-electron chi connectivity index (χ0n) is 27.3. The third-order valence-corrected chi connectivity index (χ3v) is 10.6. The van der Waals surface area contributed by atoms with Gasteiger partial charge in [0.05, 0.1) is 32.0 Å². The fourth-order valence-corrected chi connectivity index (χ4v) is 7.64. The normalized spacial score (nSPS) is 14.9. The van der Waals surface area contributed by atoms with E-state index in [1.165, 1.54) is 0 Å². The third kappa shape index (κ3) is 6.47. The number of nitrogens with zero attached hydrogens (tertiary/aromatic N) is 2. The molecule has 51 heavy (non-hydrogen) atoms. The van der Waals surface area contributed by atoms with E-state index in [4.69, 9.17) is 18.0 Å². The molecule has 0 atom stereocenters. The maximum absolute atomic E-state index is 11.5. The SMILES string of the molecule is CCC(/C=C1\Oc2cc3oc4ccccc4c3cc2N1CCCS(=O)(=O)[O-])=C\c1oc2cc3oc4ccccc4c3cc2[n+]1CCCS(=O)(=O)[O-]. The van der Waals surface area contributed by atoms with E-state index in [1.54, 1.807) is 12.1 Å². The van der Waals surface area contributed by atoms with Crippen LogP contribution in [0.4, 0.5) is 5.69 Å². The molecule has 3 aromatic heterocycles. The van der Waals surface area contributed by atoms with Crippen molar-refractivity contribution >= 4 is 87.0 Å². The van der Waals surface area contributed by atoms with Crippen molar-refractivity contribution in [3.8, 4) is 5.75 Å². The first-order valence-corrected chi connectivity index (χ1v) is 19.6. The topological polar surface area (TPSA) is 170 Å². The minimum absolute atomic E-state index is 0.0728. The molecule has 1 aliphatic heterocycles. The smallest absolute Gasteiger partial charge is 0.374 e. The molecule has 4 aromatic carbocycles. The molecule has 0 aliphatic carbocycles. The second-order valence-corrected chi connectivity index (χ2v) is 15.5. The molecule has 12 nitrogen and oxygen atoms in total. The summed E-state index contributed by atoms with van der Waals surface area (Å²) in [6.07, 6.45) is 4.32. The summed E-state index contributed by atoms with van der Waals surface area (Å²) >= 11 is 0. The van der Waals surface area contributed by atoms with Crippen LogP contribution in [-0.2, 0) is 26.8 Å². The van der Waals surface area contributed by atoms with Gasteiger partial charge < -0.3 is 32.0 Å². The number of para-hydroxylation sites is 2. The molecule has 14 heteroatoms. The first-order chi connectivity index (χ1) is 24.4. The van der Waals surface area contributed by atoms with Gasteiger partial charge in [-0.2, -0.15) is 4.57 Å². The molecule has 7 aromatic rings. The predicted molar refractivity (Wildman–Crippen MR) is 190 cm³/mol. The average Bonchev–Trinajstić information content (AvgIpc) is 3.81. The lowest BCUT2D eigenvalue weighted by Gasteiger charge is -2.19. The fourth-order valence-electron chi connectivity index (χ4n) is 6.68. The molecule has 0 bridgehead atoms. The summed E-state index contributed by atoms with van der Waals surface area (Å²) in [5.41, 5.74) is 5.39. The van der Waals surface area contributed by atoms with Crippen molar-refractivity contribution in [3.63, 3.8) is 0 Å². The monoisotopic (exact) mass is 727 g/mol. The lowest BCUT2D eigenvalue weighted by molar-refractivity contribution is -0.677. The highest BCUT2D eigenvalue weighted by atomic mass is 32.2. The number of aryl methyl sites for hydroxylation is 1. The van der Waals surface area contributed by atoms with Crippen molar-refractivity contribution in [2.75, 3.05) is 23.0 Å². The van der Waals surface area contributed by atoms with Gasteiger partial charge in [0.15, 0.2) is 12.3 Å². The number of hydrogen-bond acceptors (Lipinski definition) is 11. The summed E-state index contributed by atoms with van der Waals surface area (Å²) in [6, 6.07) is 22.8. The number of ether oxygens (including phenoxy) is 1. The molecule has 1 aliphatic rings. The van der Waals surface area contributed by atoms with Crippen LogP contribution in [0.3, 0.4) is 0 Å². The first kappa shape index (κ1) is 33.0. The van der Waals surface area contributed by atoms with Gasteiger partial charge in [-0.1, -0.05) is 43.3 Å². The van der Waals surface area contributed by atoms with Gasteiger partial charge in [-0.05, 0) is 36.6 Å². The van der Waals surface area contributed by atoms with E-state index in [9.17, 15) is 25.9 Å². The Morgan fingerprint density at radius 1 is 0.745 bits per heavy atom. The van der Waals surface area contributed by atoms with Gasteiger partial charge in [0.2, 0.25) is 11.5 Å². The van der Waals surface area contributed by atoms with E-state index in [0.29, 0.717) is 51.9 Å². The zero-order valence-corrected chi connectivity index (χ0v) is 29.0. The van der Waals surface area contributed by atoms with E-state index in [-0.39, 0.29) is 25.9 Å². The molecule has 0 unspecified atom stereocenters. The van der Waals surface area contributed by atoms with E-state index in [1.807, 2.05) is 89.2 Å². The Hall–Kier alpha value is -5.15. The van der Waals surface area contributed by atoms with Crippen LogP contribution in [0.25, 0.3) is 61.1 Å². The van der Waals surface area contributed by atoms with Crippen molar-refractivity contribution in [1.82, 2.24) is 0 Å². The summed E-state index contributed by atoms with van der Waals surface area (Å²) in [5.74, 6) is 0.288. The average molecular weight is 728 g/mol.